The van der Waals surface area contributed by atoms with Crippen molar-refractivity contribution in [3.8, 4) is 11.8 Å². The van der Waals surface area contributed by atoms with Crippen molar-refractivity contribution in [3.63, 3.8) is 0 Å². The van der Waals surface area contributed by atoms with Gasteiger partial charge in [-0.3, -0.25) is 0 Å². The zero-order chi connectivity index (χ0) is 16.9. The van der Waals surface area contributed by atoms with Crippen molar-refractivity contribution in [1.29, 1.82) is 5.26 Å². The van der Waals surface area contributed by atoms with Crippen LogP contribution in [0.5, 0.6) is 5.88 Å². The van der Waals surface area contributed by atoms with Gasteiger partial charge in [0.05, 0.1) is 0 Å². The lowest BCUT2D eigenvalue weighted by molar-refractivity contribution is 0.295. The van der Waals surface area contributed by atoms with Crippen molar-refractivity contribution in [3.05, 3.63) is 52.4 Å². The molecule has 5 heteroatoms. The van der Waals surface area contributed by atoms with Crippen molar-refractivity contribution in [1.82, 2.24) is 4.98 Å². The lowest BCUT2D eigenvalue weighted by atomic mass is 9.41. The molecule has 3 heterocycles. The Kier molecular flexibility index (Phi) is 5.37. The molecule has 0 spiro atoms. The quantitative estimate of drug-likeness (QED) is 0.706. The molecule has 1 aliphatic heterocycles. The van der Waals surface area contributed by atoms with Gasteiger partial charge in [0.1, 0.15) is 6.61 Å². The molecular weight excluding hydrogens is 315 g/mol. The van der Waals surface area contributed by atoms with Gasteiger partial charge >= 0.3 is 0 Å². The molecule has 3 rings (SSSR count). The summed E-state index contributed by atoms with van der Waals surface area (Å²) in [5.74, 6) is 3.52. The molecule has 1 saturated heterocycles. The van der Waals surface area contributed by atoms with Crippen molar-refractivity contribution in [2.75, 3.05) is 0 Å². The first-order chi connectivity index (χ1) is 11.7. The number of aromatic nitrogens is 1. The largest absolute Gasteiger partial charge is 0.472 e. The first kappa shape index (κ1) is 16.8. The number of nitriles is 1. The predicted molar refractivity (Wildman–Crippen MR) is 101 cm³/mol. The molecule has 0 aromatic carbocycles. The number of hydrogen-bond acceptors (Lipinski definition) is 4. The van der Waals surface area contributed by atoms with Gasteiger partial charge < -0.3 is 4.74 Å². The van der Waals surface area contributed by atoms with Gasteiger partial charge in [-0.1, -0.05) is 43.7 Å². The predicted octanol–water partition coefficient (Wildman–Crippen LogP) is 5.19. The first-order valence-electron chi connectivity index (χ1n) is 8.38. The number of rotatable bonds is 5. The van der Waals surface area contributed by atoms with Crippen LogP contribution in [0, 0.1) is 11.2 Å². The SMILES string of the molecule is C=C(C)c1csc(COc2cccc(C3CCB(C#N)CC3)n2)c1. The molecule has 2 aromatic rings. The highest BCUT2D eigenvalue weighted by Crippen LogP contribution is 2.33. The third-order valence-electron chi connectivity index (χ3n) is 4.58. The molecular formula is C19H21BN2OS. The second kappa shape index (κ2) is 7.68. The summed E-state index contributed by atoms with van der Waals surface area (Å²) in [6.07, 6.45) is 4.04. The summed E-state index contributed by atoms with van der Waals surface area (Å²) in [5.41, 5.74) is 3.35. The molecule has 0 aliphatic carbocycles. The second-order valence-corrected chi connectivity index (χ2v) is 7.44. The van der Waals surface area contributed by atoms with E-state index in [2.05, 4.69) is 35.0 Å². The van der Waals surface area contributed by atoms with Crippen LogP contribution in [-0.4, -0.2) is 11.7 Å². The van der Waals surface area contributed by atoms with E-state index >= 15 is 0 Å². The van der Waals surface area contributed by atoms with Gasteiger partial charge in [0.25, 0.3) is 6.71 Å². The van der Waals surface area contributed by atoms with Crippen LogP contribution in [0.2, 0.25) is 12.6 Å². The third-order valence-corrected chi connectivity index (χ3v) is 5.49. The van der Waals surface area contributed by atoms with Gasteiger partial charge in [0, 0.05) is 28.5 Å². The number of hydrogen-bond donors (Lipinski definition) is 0. The normalized spacial score (nSPS) is 15.1. The van der Waals surface area contributed by atoms with E-state index in [0.717, 1.165) is 36.7 Å². The summed E-state index contributed by atoms with van der Waals surface area (Å²) >= 11 is 1.69. The maximum atomic E-state index is 9.02. The first-order valence-corrected chi connectivity index (χ1v) is 9.26. The van der Waals surface area contributed by atoms with Gasteiger partial charge in [0.2, 0.25) is 5.88 Å². The smallest absolute Gasteiger partial charge is 0.267 e. The summed E-state index contributed by atoms with van der Waals surface area (Å²) in [5, 5.41) is 11.1. The average molecular weight is 336 g/mol. The maximum Gasteiger partial charge on any atom is 0.267 e. The Bertz CT molecular complexity index is 757. The number of allylic oxidation sites excluding steroid dienone is 1. The van der Waals surface area contributed by atoms with Crippen LogP contribution in [0.25, 0.3) is 5.57 Å². The molecule has 0 radical (unpaired) electrons. The molecule has 0 unspecified atom stereocenters. The van der Waals surface area contributed by atoms with Crippen LogP contribution in [0.3, 0.4) is 0 Å². The Morgan fingerprint density at radius 2 is 2.25 bits per heavy atom. The van der Waals surface area contributed by atoms with Gasteiger partial charge in [-0.25, -0.2) is 10.2 Å². The standard InChI is InChI=1S/C19H21BN2OS/c1-14(2)16-10-17(24-12-16)11-23-19-5-3-4-18(22-19)15-6-8-20(13-21)9-7-15/h3-5,10,12,15H,1,6-9,11H2,2H3. The molecule has 122 valence electrons. The molecule has 1 fully saturated rings. The summed E-state index contributed by atoms with van der Waals surface area (Å²) in [4.78, 5) is 5.86. The Morgan fingerprint density at radius 1 is 1.46 bits per heavy atom. The number of ether oxygens (including phenoxy) is 1. The van der Waals surface area contributed by atoms with Gasteiger partial charge in [0.15, 0.2) is 0 Å². The topological polar surface area (TPSA) is 45.9 Å². The lowest BCUT2D eigenvalue weighted by Crippen LogP contribution is -2.19. The minimum atomic E-state index is 0.224. The van der Waals surface area contributed by atoms with E-state index in [1.807, 2.05) is 19.1 Å². The number of pyridine rings is 1. The molecule has 2 aromatic heterocycles. The Balaban J connectivity index is 1.61. The highest BCUT2D eigenvalue weighted by molar-refractivity contribution is 7.10. The third kappa shape index (κ3) is 4.07. The van der Waals surface area contributed by atoms with Crippen LogP contribution in [0.15, 0.2) is 36.2 Å². The van der Waals surface area contributed by atoms with Gasteiger partial charge in [-0.05, 0) is 30.0 Å². The second-order valence-electron chi connectivity index (χ2n) is 6.45. The molecule has 0 bridgehead atoms. The zero-order valence-corrected chi connectivity index (χ0v) is 14.8. The minimum absolute atomic E-state index is 0.224. The van der Waals surface area contributed by atoms with E-state index in [1.54, 1.807) is 11.3 Å². The van der Waals surface area contributed by atoms with E-state index in [4.69, 9.17) is 10.00 Å². The summed E-state index contributed by atoms with van der Waals surface area (Å²) in [6, 6.07) is 8.13. The van der Waals surface area contributed by atoms with Crippen LogP contribution in [0.4, 0.5) is 0 Å². The molecule has 24 heavy (non-hydrogen) atoms. The average Bonchev–Trinajstić information content (AvgIpc) is 3.10. The van der Waals surface area contributed by atoms with Crippen LogP contribution in [0.1, 0.15) is 41.8 Å². The van der Waals surface area contributed by atoms with Crippen LogP contribution >= 0.6 is 11.3 Å². The van der Waals surface area contributed by atoms with Gasteiger partial charge in [-0.2, -0.15) is 0 Å². The fourth-order valence-electron chi connectivity index (χ4n) is 3.08. The summed E-state index contributed by atoms with van der Waals surface area (Å²) < 4.78 is 5.88. The van der Waals surface area contributed by atoms with Gasteiger partial charge in [-0.15, -0.1) is 11.3 Å². The van der Waals surface area contributed by atoms with Crippen molar-refractivity contribution >= 4 is 23.6 Å². The number of thiophene rings is 1. The Hall–Kier alpha value is -2.06. The van der Waals surface area contributed by atoms with Crippen molar-refractivity contribution < 1.29 is 4.74 Å². The molecule has 0 atom stereocenters. The zero-order valence-electron chi connectivity index (χ0n) is 14.0. The Labute approximate surface area is 148 Å². The Morgan fingerprint density at radius 3 is 2.92 bits per heavy atom. The number of nitrogens with zero attached hydrogens (tertiary/aromatic N) is 2. The summed E-state index contributed by atoms with van der Waals surface area (Å²) in [6.45, 7) is 6.74. The van der Waals surface area contributed by atoms with Crippen LogP contribution < -0.4 is 4.74 Å². The molecule has 1 aliphatic rings. The fraction of sp³-hybridized carbons (Fsp3) is 0.368. The van der Waals surface area contributed by atoms with E-state index in [0.29, 0.717) is 18.4 Å². The molecule has 0 amide bonds. The molecule has 3 nitrogen and oxygen atoms in total. The summed E-state index contributed by atoms with van der Waals surface area (Å²) in [7, 11) is 0. The van der Waals surface area contributed by atoms with Crippen molar-refractivity contribution in [2.45, 2.75) is 44.9 Å². The lowest BCUT2D eigenvalue weighted by Gasteiger charge is -2.22. The highest BCUT2D eigenvalue weighted by Gasteiger charge is 2.26. The van der Waals surface area contributed by atoms with E-state index in [9.17, 15) is 0 Å². The van der Waals surface area contributed by atoms with E-state index < -0.39 is 0 Å². The monoisotopic (exact) mass is 336 g/mol. The molecule has 0 saturated carbocycles. The van der Waals surface area contributed by atoms with E-state index in [-0.39, 0.29) is 6.71 Å². The highest BCUT2D eigenvalue weighted by atomic mass is 32.1. The van der Waals surface area contributed by atoms with Crippen LogP contribution in [-0.2, 0) is 6.61 Å². The minimum Gasteiger partial charge on any atom is -0.472 e. The fourth-order valence-corrected chi connectivity index (χ4v) is 3.95. The van der Waals surface area contributed by atoms with Crippen molar-refractivity contribution in [2.24, 2.45) is 0 Å². The van der Waals surface area contributed by atoms with E-state index in [1.165, 1.54) is 10.4 Å². The maximum absolute atomic E-state index is 9.02. The molecule has 0 N–H and O–H groups in total.